The Labute approximate surface area is 122 Å². The van der Waals surface area contributed by atoms with Crippen LogP contribution in [0.1, 0.15) is 13.8 Å². The van der Waals surface area contributed by atoms with Gasteiger partial charge in [0.05, 0.1) is 6.26 Å². The summed E-state index contributed by atoms with van der Waals surface area (Å²) in [6, 6.07) is -0.914. The minimum absolute atomic E-state index is 0.144. The van der Waals surface area contributed by atoms with Gasteiger partial charge in [0.1, 0.15) is 13.1 Å². The number of carboxylic acids is 2. The van der Waals surface area contributed by atoms with E-state index < -0.39 is 46.6 Å². The van der Waals surface area contributed by atoms with Gasteiger partial charge in [0.25, 0.3) is 0 Å². The molecule has 0 rings (SSSR count). The van der Waals surface area contributed by atoms with Gasteiger partial charge in [-0.15, -0.1) is 0 Å². The first-order valence-corrected chi connectivity index (χ1v) is 7.67. The molecule has 11 heteroatoms. The molecule has 0 fully saturated rings. The summed E-state index contributed by atoms with van der Waals surface area (Å²) in [7, 11) is -3.49. The zero-order chi connectivity index (χ0) is 16.8. The SMILES string of the molecule is CC(C)(CNC(=O)N(CC(=O)O)CC(=O)O)NS(C)(=O)=O. The van der Waals surface area contributed by atoms with Gasteiger partial charge in [-0.2, -0.15) is 0 Å². The van der Waals surface area contributed by atoms with Crippen LogP contribution in [0, 0.1) is 0 Å². The Morgan fingerprint density at radius 2 is 1.52 bits per heavy atom. The lowest BCUT2D eigenvalue weighted by Gasteiger charge is -2.27. The van der Waals surface area contributed by atoms with E-state index in [2.05, 4.69) is 10.0 Å². The van der Waals surface area contributed by atoms with Gasteiger partial charge in [-0.05, 0) is 13.8 Å². The number of carbonyl (C=O) groups is 3. The van der Waals surface area contributed by atoms with Gasteiger partial charge in [-0.3, -0.25) is 9.59 Å². The second-order valence-electron chi connectivity index (χ2n) is 5.06. The summed E-state index contributed by atoms with van der Waals surface area (Å²) < 4.78 is 24.5. The number of nitrogens with one attached hydrogen (secondary N) is 2. The monoisotopic (exact) mass is 325 g/mol. The predicted molar refractivity (Wildman–Crippen MR) is 72.3 cm³/mol. The summed E-state index contributed by atoms with van der Waals surface area (Å²) in [5, 5.41) is 19.5. The van der Waals surface area contributed by atoms with Gasteiger partial charge in [-0.1, -0.05) is 0 Å². The number of amides is 2. The number of hydrogen-bond donors (Lipinski definition) is 4. The van der Waals surface area contributed by atoms with Crippen molar-refractivity contribution < 1.29 is 33.0 Å². The summed E-state index contributed by atoms with van der Waals surface area (Å²) in [4.78, 5) is 33.5. The van der Waals surface area contributed by atoms with Crippen LogP contribution in [-0.4, -0.2) is 72.9 Å². The largest absolute Gasteiger partial charge is 0.480 e. The lowest BCUT2D eigenvalue weighted by atomic mass is 10.1. The Kier molecular flexibility index (Phi) is 6.57. The molecule has 21 heavy (non-hydrogen) atoms. The van der Waals surface area contributed by atoms with Crippen molar-refractivity contribution in [2.24, 2.45) is 0 Å². The van der Waals surface area contributed by atoms with Crippen LogP contribution < -0.4 is 10.0 Å². The highest BCUT2D eigenvalue weighted by Crippen LogP contribution is 2.02. The molecule has 0 saturated heterocycles. The highest BCUT2D eigenvalue weighted by atomic mass is 32.2. The van der Waals surface area contributed by atoms with E-state index in [1.54, 1.807) is 0 Å². The number of carbonyl (C=O) groups excluding carboxylic acids is 1. The van der Waals surface area contributed by atoms with Gasteiger partial charge in [0.2, 0.25) is 10.0 Å². The van der Waals surface area contributed by atoms with E-state index in [1.807, 2.05) is 0 Å². The summed E-state index contributed by atoms with van der Waals surface area (Å²) in [6.07, 6.45) is 0.956. The minimum Gasteiger partial charge on any atom is -0.480 e. The van der Waals surface area contributed by atoms with Crippen molar-refractivity contribution >= 4 is 28.0 Å². The van der Waals surface area contributed by atoms with Crippen LogP contribution in [0.4, 0.5) is 4.79 Å². The Morgan fingerprint density at radius 3 is 1.86 bits per heavy atom. The third-order valence-corrected chi connectivity index (χ3v) is 3.01. The Morgan fingerprint density at radius 1 is 1.10 bits per heavy atom. The number of rotatable bonds is 8. The smallest absolute Gasteiger partial charge is 0.323 e. The van der Waals surface area contributed by atoms with Crippen LogP contribution in [-0.2, 0) is 19.6 Å². The van der Waals surface area contributed by atoms with Crippen LogP contribution in [0.3, 0.4) is 0 Å². The van der Waals surface area contributed by atoms with Crippen LogP contribution in [0.25, 0.3) is 0 Å². The first kappa shape index (κ1) is 19.1. The van der Waals surface area contributed by atoms with Crippen molar-refractivity contribution in [2.75, 3.05) is 25.9 Å². The number of carboxylic acid groups (broad SMARTS) is 2. The molecule has 122 valence electrons. The molecule has 0 aliphatic heterocycles. The van der Waals surface area contributed by atoms with Gasteiger partial charge in [0.15, 0.2) is 0 Å². The van der Waals surface area contributed by atoms with Crippen molar-refractivity contribution in [3.63, 3.8) is 0 Å². The summed E-state index contributed by atoms with van der Waals surface area (Å²) in [5.41, 5.74) is -1.01. The molecule has 0 bridgehead atoms. The fourth-order valence-electron chi connectivity index (χ4n) is 1.47. The molecule has 0 aliphatic rings. The van der Waals surface area contributed by atoms with Gasteiger partial charge in [-0.25, -0.2) is 17.9 Å². The zero-order valence-corrected chi connectivity index (χ0v) is 12.7. The molecule has 2 amide bonds. The molecule has 0 unspecified atom stereocenters. The first-order valence-electron chi connectivity index (χ1n) is 5.78. The molecule has 0 atom stereocenters. The average molecular weight is 325 g/mol. The highest BCUT2D eigenvalue weighted by molar-refractivity contribution is 7.88. The van der Waals surface area contributed by atoms with E-state index in [-0.39, 0.29) is 6.54 Å². The lowest BCUT2D eigenvalue weighted by molar-refractivity contribution is -0.140. The maximum absolute atomic E-state index is 11.7. The van der Waals surface area contributed by atoms with Crippen molar-refractivity contribution in [1.82, 2.24) is 14.9 Å². The zero-order valence-electron chi connectivity index (χ0n) is 11.9. The van der Waals surface area contributed by atoms with E-state index in [0.29, 0.717) is 4.90 Å². The van der Waals surface area contributed by atoms with Gasteiger partial charge in [0, 0.05) is 12.1 Å². The summed E-state index contributed by atoms with van der Waals surface area (Å²) >= 11 is 0. The summed E-state index contributed by atoms with van der Waals surface area (Å²) in [6.45, 7) is 1.31. The van der Waals surface area contributed by atoms with Crippen molar-refractivity contribution in [3.8, 4) is 0 Å². The molecular weight excluding hydrogens is 306 g/mol. The molecule has 0 heterocycles. The maximum atomic E-state index is 11.7. The highest BCUT2D eigenvalue weighted by Gasteiger charge is 2.25. The second-order valence-corrected chi connectivity index (χ2v) is 6.81. The van der Waals surface area contributed by atoms with Crippen LogP contribution in [0.2, 0.25) is 0 Å². The average Bonchev–Trinajstić information content (AvgIpc) is 2.20. The number of urea groups is 1. The number of sulfonamides is 1. The number of nitrogens with zero attached hydrogens (tertiary/aromatic N) is 1. The molecule has 0 saturated carbocycles. The molecule has 4 N–H and O–H groups in total. The second kappa shape index (κ2) is 7.22. The number of hydrogen-bond acceptors (Lipinski definition) is 5. The normalized spacial score (nSPS) is 11.8. The van der Waals surface area contributed by atoms with Gasteiger partial charge < -0.3 is 20.4 Å². The topological polar surface area (TPSA) is 153 Å². The molecular formula is C10H19N3O7S. The van der Waals surface area contributed by atoms with Crippen molar-refractivity contribution in [2.45, 2.75) is 19.4 Å². The third kappa shape index (κ3) is 9.62. The molecule has 0 aliphatic carbocycles. The fraction of sp³-hybridized carbons (Fsp3) is 0.700. The molecule has 10 nitrogen and oxygen atoms in total. The quantitative estimate of drug-likeness (QED) is 0.423. The molecule has 0 aromatic rings. The van der Waals surface area contributed by atoms with Crippen molar-refractivity contribution in [3.05, 3.63) is 0 Å². The third-order valence-electron chi connectivity index (χ3n) is 2.08. The van der Waals surface area contributed by atoms with E-state index >= 15 is 0 Å². The molecule has 0 spiro atoms. The van der Waals surface area contributed by atoms with Crippen LogP contribution >= 0.6 is 0 Å². The van der Waals surface area contributed by atoms with Crippen LogP contribution in [0.15, 0.2) is 0 Å². The van der Waals surface area contributed by atoms with Crippen molar-refractivity contribution in [1.29, 1.82) is 0 Å². The minimum atomic E-state index is -3.49. The van der Waals surface area contributed by atoms with E-state index in [9.17, 15) is 22.8 Å². The Bertz CT molecular complexity index is 499. The molecule has 0 radical (unpaired) electrons. The number of aliphatic carboxylic acids is 2. The van der Waals surface area contributed by atoms with E-state index in [1.165, 1.54) is 13.8 Å². The maximum Gasteiger partial charge on any atom is 0.323 e. The molecule has 0 aromatic heterocycles. The first-order chi connectivity index (χ1) is 9.32. The summed E-state index contributed by atoms with van der Waals surface area (Å²) in [5.74, 6) is -2.72. The van der Waals surface area contributed by atoms with Gasteiger partial charge >= 0.3 is 18.0 Å². The van der Waals surface area contributed by atoms with E-state index in [4.69, 9.17) is 10.2 Å². The fourth-order valence-corrected chi connectivity index (χ4v) is 2.55. The van der Waals surface area contributed by atoms with E-state index in [0.717, 1.165) is 6.26 Å². The standard InChI is InChI=1S/C10H19N3O7S/c1-10(2,12-21(3,19)20)6-11-9(18)13(4-7(14)15)5-8(16)17/h12H,4-6H2,1-3H3,(H,11,18)(H,14,15)(H,16,17). The molecule has 0 aromatic carbocycles. The van der Waals surface area contributed by atoms with Crippen LogP contribution in [0.5, 0.6) is 0 Å². The lowest BCUT2D eigenvalue weighted by Crippen LogP contribution is -2.54. The Hall–Kier alpha value is -1.88. The predicted octanol–water partition coefficient (Wildman–Crippen LogP) is -1.50. The Balaban J connectivity index is 4.68.